The highest BCUT2D eigenvalue weighted by Crippen LogP contribution is 2.15. The molecule has 1 atom stereocenters. The summed E-state index contributed by atoms with van der Waals surface area (Å²) < 4.78 is 17.6. The quantitative estimate of drug-likeness (QED) is 0.817. The summed E-state index contributed by atoms with van der Waals surface area (Å²) in [7, 11) is -1.13. The van der Waals surface area contributed by atoms with Crippen molar-refractivity contribution >= 4 is 22.4 Å². The average molecular weight is 320 g/mol. The fourth-order valence-electron chi connectivity index (χ4n) is 1.76. The Kier molecular flexibility index (Phi) is 5.79. The van der Waals surface area contributed by atoms with Crippen LogP contribution < -0.4 is 4.74 Å². The molecule has 1 unspecified atom stereocenters. The maximum absolute atomic E-state index is 12.1. The second-order valence-electron chi connectivity index (χ2n) is 4.33. The summed E-state index contributed by atoms with van der Waals surface area (Å²) in [4.78, 5) is 0.704. The zero-order chi connectivity index (χ0) is 15.1. The maximum atomic E-state index is 12.1. The normalized spacial score (nSPS) is 11.6. The Morgan fingerprint density at radius 3 is 2.62 bits per heavy atom. The average Bonchev–Trinajstić information content (AvgIpc) is 2.49. The second kappa shape index (κ2) is 7.82. The van der Waals surface area contributed by atoms with Gasteiger partial charge in [-0.2, -0.15) is 5.26 Å². The lowest BCUT2D eigenvalue weighted by Gasteiger charge is -2.07. The number of rotatable bonds is 6. The van der Waals surface area contributed by atoms with Crippen LogP contribution in [0.15, 0.2) is 53.4 Å². The summed E-state index contributed by atoms with van der Waals surface area (Å²) in [5.41, 5.74) is 0.951. The third-order valence-electron chi connectivity index (χ3n) is 2.80. The van der Waals surface area contributed by atoms with E-state index in [0.29, 0.717) is 34.4 Å². The minimum absolute atomic E-state index is 0.358. The first-order valence-corrected chi connectivity index (χ1v) is 8.11. The Morgan fingerprint density at radius 1 is 1.19 bits per heavy atom. The lowest BCUT2D eigenvalue weighted by Crippen LogP contribution is -2.08. The molecule has 0 heterocycles. The van der Waals surface area contributed by atoms with E-state index < -0.39 is 10.8 Å². The summed E-state index contributed by atoms with van der Waals surface area (Å²) in [6.07, 6.45) is 0.388. The van der Waals surface area contributed by atoms with Gasteiger partial charge < -0.3 is 4.74 Å². The van der Waals surface area contributed by atoms with Crippen molar-refractivity contribution in [1.29, 1.82) is 5.26 Å². The predicted octanol–water partition coefficient (Wildman–Crippen LogP) is 3.59. The van der Waals surface area contributed by atoms with Gasteiger partial charge in [-0.1, -0.05) is 29.8 Å². The van der Waals surface area contributed by atoms with E-state index in [1.54, 1.807) is 24.3 Å². The van der Waals surface area contributed by atoms with Gasteiger partial charge in [0.05, 0.1) is 29.0 Å². The van der Waals surface area contributed by atoms with Crippen molar-refractivity contribution < 1.29 is 8.95 Å². The molecule has 0 aliphatic heterocycles. The molecule has 0 aliphatic rings. The third kappa shape index (κ3) is 4.89. The topological polar surface area (TPSA) is 50.1 Å². The SMILES string of the molecule is N#CCc1ccc(OCCS(=O)c2cccc(Cl)c2)cc1. The molecule has 108 valence electrons. The van der Waals surface area contributed by atoms with Gasteiger partial charge in [0, 0.05) is 9.92 Å². The summed E-state index contributed by atoms with van der Waals surface area (Å²) in [6.45, 7) is 0.358. The Balaban J connectivity index is 1.84. The van der Waals surface area contributed by atoms with E-state index in [9.17, 15) is 4.21 Å². The molecule has 0 saturated carbocycles. The van der Waals surface area contributed by atoms with Crippen molar-refractivity contribution in [2.75, 3.05) is 12.4 Å². The van der Waals surface area contributed by atoms with E-state index in [4.69, 9.17) is 21.6 Å². The highest BCUT2D eigenvalue weighted by atomic mass is 35.5. The van der Waals surface area contributed by atoms with Crippen LogP contribution in [0.25, 0.3) is 0 Å². The van der Waals surface area contributed by atoms with Crippen molar-refractivity contribution in [2.45, 2.75) is 11.3 Å². The minimum Gasteiger partial charge on any atom is -0.493 e. The first kappa shape index (κ1) is 15.6. The van der Waals surface area contributed by atoms with Gasteiger partial charge in [-0.15, -0.1) is 0 Å². The number of nitrogens with zero attached hydrogens (tertiary/aromatic N) is 1. The monoisotopic (exact) mass is 319 g/mol. The van der Waals surface area contributed by atoms with Crippen LogP contribution in [0.2, 0.25) is 5.02 Å². The molecule has 3 nitrogen and oxygen atoms in total. The van der Waals surface area contributed by atoms with Gasteiger partial charge in [-0.25, -0.2) is 0 Å². The molecule has 2 rings (SSSR count). The molecule has 21 heavy (non-hydrogen) atoms. The zero-order valence-electron chi connectivity index (χ0n) is 11.3. The van der Waals surface area contributed by atoms with E-state index in [1.807, 2.05) is 24.3 Å². The fraction of sp³-hybridized carbons (Fsp3) is 0.188. The summed E-state index contributed by atoms with van der Waals surface area (Å²) in [6, 6.07) is 16.5. The van der Waals surface area contributed by atoms with Crippen molar-refractivity contribution in [2.24, 2.45) is 0 Å². The van der Waals surface area contributed by atoms with Gasteiger partial charge >= 0.3 is 0 Å². The molecule has 0 aromatic heterocycles. The first-order chi connectivity index (χ1) is 10.2. The molecule has 0 spiro atoms. The Hall–Kier alpha value is -1.83. The van der Waals surface area contributed by atoms with Crippen molar-refractivity contribution in [3.63, 3.8) is 0 Å². The van der Waals surface area contributed by atoms with Crippen LogP contribution in [-0.2, 0) is 17.2 Å². The molecule has 0 radical (unpaired) electrons. The number of hydrogen-bond donors (Lipinski definition) is 0. The lowest BCUT2D eigenvalue weighted by molar-refractivity contribution is 0.342. The molecule has 2 aromatic rings. The van der Waals surface area contributed by atoms with Gasteiger partial charge in [-0.05, 0) is 35.9 Å². The molecule has 0 fully saturated rings. The molecule has 0 amide bonds. The minimum atomic E-state index is -1.13. The summed E-state index contributed by atoms with van der Waals surface area (Å²) >= 11 is 5.87. The van der Waals surface area contributed by atoms with Crippen LogP contribution in [0.1, 0.15) is 5.56 Å². The van der Waals surface area contributed by atoms with Crippen LogP contribution in [-0.4, -0.2) is 16.6 Å². The van der Waals surface area contributed by atoms with Crippen molar-refractivity contribution in [3.8, 4) is 11.8 Å². The number of ether oxygens (including phenoxy) is 1. The fourth-order valence-corrected chi connectivity index (χ4v) is 2.97. The van der Waals surface area contributed by atoms with Crippen LogP contribution in [0.5, 0.6) is 5.75 Å². The van der Waals surface area contributed by atoms with Gasteiger partial charge in [0.2, 0.25) is 0 Å². The number of nitriles is 1. The molecular weight excluding hydrogens is 306 g/mol. The van der Waals surface area contributed by atoms with Crippen molar-refractivity contribution in [3.05, 3.63) is 59.1 Å². The number of halogens is 1. The second-order valence-corrected chi connectivity index (χ2v) is 6.34. The van der Waals surface area contributed by atoms with E-state index in [2.05, 4.69) is 6.07 Å². The van der Waals surface area contributed by atoms with Gasteiger partial charge in [0.25, 0.3) is 0 Å². The smallest absolute Gasteiger partial charge is 0.119 e. The molecule has 5 heteroatoms. The van der Waals surface area contributed by atoms with Crippen LogP contribution in [0, 0.1) is 11.3 Å². The van der Waals surface area contributed by atoms with Gasteiger partial charge in [0.1, 0.15) is 12.4 Å². The Labute approximate surface area is 131 Å². The van der Waals surface area contributed by atoms with Crippen molar-refractivity contribution in [1.82, 2.24) is 0 Å². The van der Waals surface area contributed by atoms with Crippen LogP contribution in [0.3, 0.4) is 0 Å². The summed E-state index contributed by atoms with van der Waals surface area (Å²) in [5.74, 6) is 1.11. The summed E-state index contributed by atoms with van der Waals surface area (Å²) in [5, 5.41) is 9.17. The van der Waals surface area contributed by atoms with E-state index in [-0.39, 0.29) is 0 Å². The molecule has 2 aromatic carbocycles. The highest BCUT2D eigenvalue weighted by Gasteiger charge is 2.05. The Morgan fingerprint density at radius 2 is 1.95 bits per heavy atom. The predicted molar refractivity (Wildman–Crippen MR) is 84.0 cm³/mol. The zero-order valence-corrected chi connectivity index (χ0v) is 12.9. The van der Waals surface area contributed by atoms with Crippen LogP contribution in [0.4, 0.5) is 0 Å². The molecule has 0 saturated heterocycles. The third-order valence-corrected chi connectivity index (χ3v) is 4.36. The maximum Gasteiger partial charge on any atom is 0.119 e. The molecule has 0 aliphatic carbocycles. The molecule has 0 N–H and O–H groups in total. The van der Waals surface area contributed by atoms with E-state index in [1.165, 1.54) is 0 Å². The van der Waals surface area contributed by atoms with Crippen LogP contribution >= 0.6 is 11.6 Å². The van der Waals surface area contributed by atoms with Gasteiger partial charge in [0.15, 0.2) is 0 Å². The van der Waals surface area contributed by atoms with Gasteiger partial charge in [-0.3, -0.25) is 4.21 Å². The number of benzene rings is 2. The largest absolute Gasteiger partial charge is 0.493 e. The molecular formula is C16H14ClNO2S. The highest BCUT2D eigenvalue weighted by molar-refractivity contribution is 7.85. The lowest BCUT2D eigenvalue weighted by atomic mass is 10.2. The Bertz CT molecular complexity index is 665. The number of hydrogen-bond acceptors (Lipinski definition) is 3. The van der Waals surface area contributed by atoms with E-state index >= 15 is 0 Å². The molecule has 0 bridgehead atoms. The standard InChI is InChI=1S/C16H14ClNO2S/c17-14-2-1-3-16(12-14)21(19)11-10-20-15-6-4-13(5-7-15)8-9-18/h1-7,12H,8,10-11H2. The first-order valence-electron chi connectivity index (χ1n) is 6.41. The van der Waals surface area contributed by atoms with E-state index in [0.717, 1.165) is 5.56 Å².